The summed E-state index contributed by atoms with van der Waals surface area (Å²) in [5.74, 6) is 1.46. The van der Waals surface area contributed by atoms with Gasteiger partial charge in [0.2, 0.25) is 0 Å². The van der Waals surface area contributed by atoms with Gasteiger partial charge in [-0.25, -0.2) is 4.79 Å². The number of carbonyl (C=O) groups is 1. The summed E-state index contributed by atoms with van der Waals surface area (Å²) in [7, 11) is 1.43. The van der Waals surface area contributed by atoms with Crippen LogP contribution < -0.4 is 10.6 Å². The molecule has 2 atom stereocenters. The number of guanidine groups is 1. The van der Waals surface area contributed by atoms with Crippen molar-refractivity contribution in [1.82, 2.24) is 15.5 Å². The molecular formula is C20H30N4O2. The molecule has 0 bridgehead atoms. The molecule has 0 radical (unpaired) electrons. The number of benzene rings is 1. The van der Waals surface area contributed by atoms with Crippen molar-refractivity contribution in [2.24, 2.45) is 4.99 Å². The molecule has 26 heavy (non-hydrogen) atoms. The van der Waals surface area contributed by atoms with E-state index in [0.29, 0.717) is 18.0 Å². The van der Waals surface area contributed by atoms with E-state index < -0.39 is 0 Å². The smallest absolute Gasteiger partial charge is 0.409 e. The van der Waals surface area contributed by atoms with Crippen LogP contribution in [0.25, 0.3) is 0 Å². The van der Waals surface area contributed by atoms with Gasteiger partial charge in [-0.1, -0.05) is 24.3 Å². The van der Waals surface area contributed by atoms with E-state index >= 15 is 0 Å². The highest BCUT2D eigenvalue weighted by Crippen LogP contribution is 2.42. The Morgan fingerprint density at radius 2 is 2.00 bits per heavy atom. The van der Waals surface area contributed by atoms with Crippen LogP contribution in [0.3, 0.4) is 0 Å². The number of aryl methyl sites for hydroxylation is 1. The zero-order chi connectivity index (χ0) is 18.5. The van der Waals surface area contributed by atoms with Gasteiger partial charge in [-0.2, -0.15) is 0 Å². The molecule has 0 aromatic heterocycles. The number of amides is 1. The third kappa shape index (κ3) is 4.48. The Balaban J connectivity index is 1.51. The first-order valence-electron chi connectivity index (χ1n) is 9.58. The molecule has 2 unspecified atom stereocenters. The number of hydrogen-bond donors (Lipinski definition) is 2. The zero-order valence-corrected chi connectivity index (χ0v) is 16.0. The van der Waals surface area contributed by atoms with E-state index in [1.807, 2.05) is 0 Å². The summed E-state index contributed by atoms with van der Waals surface area (Å²) in [4.78, 5) is 18.0. The lowest BCUT2D eigenvalue weighted by molar-refractivity contribution is 0.111. The monoisotopic (exact) mass is 358 g/mol. The van der Waals surface area contributed by atoms with E-state index in [4.69, 9.17) is 4.74 Å². The van der Waals surface area contributed by atoms with Gasteiger partial charge in [0.15, 0.2) is 5.96 Å². The van der Waals surface area contributed by atoms with Crippen LogP contribution in [-0.2, 0) is 4.74 Å². The van der Waals surface area contributed by atoms with E-state index in [2.05, 4.69) is 53.7 Å². The van der Waals surface area contributed by atoms with E-state index in [1.54, 1.807) is 4.90 Å². The molecule has 2 N–H and O–H groups in total. The molecule has 1 aliphatic heterocycles. The minimum absolute atomic E-state index is 0.233. The number of likely N-dealkylation sites (tertiary alicyclic amines) is 1. The number of hydrogen-bond acceptors (Lipinski definition) is 3. The third-order valence-electron chi connectivity index (χ3n) is 5.29. The van der Waals surface area contributed by atoms with Crippen molar-refractivity contribution in [1.29, 1.82) is 0 Å². The number of rotatable bonds is 4. The topological polar surface area (TPSA) is 66.0 Å². The molecule has 2 aliphatic rings. The summed E-state index contributed by atoms with van der Waals surface area (Å²) in [6.07, 6.45) is 2.73. The van der Waals surface area contributed by atoms with Gasteiger partial charge in [0.25, 0.3) is 0 Å². The van der Waals surface area contributed by atoms with Gasteiger partial charge in [0.1, 0.15) is 0 Å². The zero-order valence-electron chi connectivity index (χ0n) is 16.0. The van der Waals surface area contributed by atoms with Crippen molar-refractivity contribution in [3.8, 4) is 0 Å². The summed E-state index contributed by atoms with van der Waals surface area (Å²) in [5, 5.41) is 7.15. The lowest BCUT2D eigenvalue weighted by Gasteiger charge is -2.32. The Hall–Kier alpha value is -2.24. The van der Waals surface area contributed by atoms with Gasteiger partial charge in [-0.05, 0) is 44.2 Å². The van der Waals surface area contributed by atoms with Crippen molar-refractivity contribution >= 4 is 12.1 Å². The molecule has 6 nitrogen and oxygen atoms in total. The molecule has 1 saturated heterocycles. The number of methoxy groups -OCH3 is 1. The first kappa shape index (κ1) is 18.5. The number of carbonyl (C=O) groups excluding carboxylic acids is 1. The Morgan fingerprint density at radius 1 is 1.27 bits per heavy atom. The van der Waals surface area contributed by atoms with Gasteiger partial charge >= 0.3 is 6.09 Å². The molecule has 3 rings (SSSR count). The fourth-order valence-electron chi connectivity index (χ4n) is 3.70. The Bertz CT molecular complexity index is 653. The second-order valence-electron chi connectivity index (χ2n) is 7.15. The number of piperidine rings is 1. The number of aliphatic imine (C=N–C) groups is 1. The molecule has 1 amide bonds. The van der Waals surface area contributed by atoms with Crippen LogP contribution in [0.4, 0.5) is 4.79 Å². The molecule has 1 aromatic carbocycles. The SMILES string of the molecule is CCN=C(NC1CCN(C(=O)OC)CC1)NC1CC1c1ccccc1C. The van der Waals surface area contributed by atoms with Crippen molar-refractivity contribution in [2.45, 2.75) is 51.1 Å². The van der Waals surface area contributed by atoms with Crippen molar-refractivity contribution in [3.63, 3.8) is 0 Å². The molecule has 1 saturated carbocycles. The van der Waals surface area contributed by atoms with Crippen LogP contribution in [0.15, 0.2) is 29.3 Å². The Morgan fingerprint density at radius 3 is 2.65 bits per heavy atom. The molecule has 0 spiro atoms. The first-order valence-corrected chi connectivity index (χ1v) is 9.58. The molecular weight excluding hydrogens is 328 g/mol. The predicted octanol–water partition coefficient (Wildman–Crippen LogP) is 2.64. The minimum Gasteiger partial charge on any atom is -0.453 e. The molecule has 1 heterocycles. The maximum absolute atomic E-state index is 11.6. The highest BCUT2D eigenvalue weighted by molar-refractivity contribution is 5.81. The quantitative estimate of drug-likeness (QED) is 0.641. The van der Waals surface area contributed by atoms with Crippen molar-refractivity contribution < 1.29 is 9.53 Å². The largest absolute Gasteiger partial charge is 0.453 e. The van der Waals surface area contributed by atoms with Gasteiger partial charge in [0, 0.05) is 37.6 Å². The lowest BCUT2D eigenvalue weighted by Crippen LogP contribution is -2.50. The Kier molecular flexibility index (Phi) is 6.01. The second kappa shape index (κ2) is 8.43. The van der Waals surface area contributed by atoms with Crippen molar-refractivity contribution in [2.75, 3.05) is 26.7 Å². The maximum atomic E-state index is 11.6. The summed E-state index contributed by atoms with van der Waals surface area (Å²) >= 11 is 0. The van der Waals surface area contributed by atoms with Crippen molar-refractivity contribution in [3.05, 3.63) is 35.4 Å². The normalized spacial score (nSPS) is 23.5. The fourth-order valence-corrected chi connectivity index (χ4v) is 3.70. The van der Waals surface area contributed by atoms with Crippen LogP contribution in [0, 0.1) is 6.92 Å². The van der Waals surface area contributed by atoms with E-state index in [0.717, 1.165) is 44.9 Å². The minimum atomic E-state index is -0.233. The van der Waals surface area contributed by atoms with E-state index in [9.17, 15) is 4.79 Å². The standard InChI is InChI=1S/C20H30N4O2/c1-4-21-19(22-15-9-11-24(12-10-15)20(25)26-3)23-18-13-17(18)16-8-6-5-7-14(16)2/h5-8,15,17-18H,4,9-13H2,1-3H3,(H2,21,22,23). The summed E-state index contributed by atoms with van der Waals surface area (Å²) < 4.78 is 4.80. The lowest BCUT2D eigenvalue weighted by atomic mass is 10.0. The van der Waals surface area contributed by atoms with Crippen LogP contribution in [0.5, 0.6) is 0 Å². The highest BCUT2D eigenvalue weighted by atomic mass is 16.5. The molecule has 142 valence electrons. The molecule has 2 fully saturated rings. The maximum Gasteiger partial charge on any atom is 0.409 e. The van der Waals surface area contributed by atoms with Gasteiger partial charge in [-0.15, -0.1) is 0 Å². The van der Waals surface area contributed by atoms with Crippen LogP contribution in [-0.4, -0.2) is 55.8 Å². The van der Waals surface area contributed by atoms with Crippen LogP contribution in [0.2, 0.25) is 0 Å². The highest BCUT2D eigenvalue weighted by Gasteiger charge is 2.40. The first-order chi connectivity index (χ1) is 12.6. The van der Waals surface area contributed by atoms with Crippen LogP contribution >= 0.6 is 0 Å². The number of ether oxygens (including phenoxy) is 1. The van der Waals surface area contributed by atoms with E-state index in [-0.39, 0.29) is 6.09 Å². The van der Waals surface area contributed by atoms with Gasteiger partial charge in [-0.3, -0.25) is 4.99 Å². The molecule has 1 aliphatic carbocycles. The molecule has 6 heteroatoms. The summed E-state index contributed by atoms with van der Waals surface area (Å²) in [6, 6.07) is 9.41. The van der Waals surface area contributed by atoms with Crippen LogP contribution in [0.1, 0.15) is 43.2 Å². The van der Waals surface area contributed by atoms with Gasteiger partial charge < -0.3 is 20.3 Å². The third-order valence-corrected chi connectivity index (χ3v) is 5.29. The average Bonchev–Trinajstić information content (AvgIpc) is 3.41. The van der Waals surface area contributed by atoms with Gasteiger partial charge in [0.05, 0.1) is 7.11 Å². The predicted molar refractivity (Wildman–Crippen MR) is 104 cm³/mol. The average molecular weight is 358 g/mol. The summed E-state index contributed by atoms with van der Waals surface area (Å²) in [5.41, 5.74) is 2.80. The number of nitrogens with zero attached hydrogens (tertiary/aromatic N) is 2. The number of nitrogens with one attached hydrogen (secondary N) is 2. The fraction of sp³-hybridized carbons (Fsp3) is 0.600. The second-order valence-corrected chi connectivity index (χ2v) is 7.15. The molecule has 1 aromatic rings. The summed E-state index contributed by atoms with van der Waals surface area (Å²) in [6.45, 7) is 6.42. The van der Waals surface area contributed by atoms with E-state index in [1.165, 1.54) is 18.2 Å². The Labute approximate surface area is 156 Å².